The number of carbonyl (C=O) groups excluding carboxylic acids is 1. The predicted molar refractivity (Wildman–Crippen MR) is 85.9 cm³/mol. The van der Waals surface area contributed by atoms with E-state index in [4.69, 9.17) is 4.74 Å². The van der Waals surface area contributed by atoms with Gasteiger partial charge in [0.15, 0.2) is 0 Å². The summed E-state index contributed by atoms with van der Waals surface area (Å²) in [4.78, 5) is 12.4. The Labute approximate surface area is 127 Å². The molecule has 2 rings (SSSR count). The number of rotatable bonds is 6. The lowest BCUT2D eigenvalue weighted by molar-refractivity contribution is 0.0722. The molecule has 1 aliphatic carbocycles. The summed E-state index contributed by atoms with van der Waals surface area (Å²) in [6, 6.07) is 5.96. The highest BCUT2D eigenvalue weighted by atomic mass is 16.5. The van der Waals surface area contributed by atoms with Crippen molar-refractivity contribution in [3.63, 3.8) is 0 Å². The molecule has 2 atom stereocenters. The highest BCUT2D eigenvalue weighted by molar-refractivity contribution is 5.95. The van der Waals surface area contributed by atoms with Gasteiger partial charge in [0, 0.05) is 24.9 Å². The van der Waals surface area contributed by atoms with Gasteiger partial charge >= 0.3 is 0 Å². The number of carbonyl (C=O) groups is 1. The molecule has 0 heterocycles. The van der Waals surface area contributed by atoms with E-state index < -0.39 is 0 Å². The quantitative estimate of drug-likeness (QED) is 0.846. The largest absolute Gasteiger partial charge is 0.385 e. The van der Waals surface area contributed by atoms with Crippen molar-refractivity contribution in [1.82, 2.24) is 5.32 Å². The van der Waals surface area contributed by atoms with Crippen LogP contribution in [0.4, 0.5) is 5.69 Å². The SMILES string of the molecule is CCCNc1ccc(C(=O)NC2CCCC2OC)cc1C. The Morgan fingerprint density at radius 2 is 2.19 bits per heavy atom. The van der Waals surface area contributed by atoms with Crippen LogP contribution in [0.3, 0.4) is 0 Å². The first-order valence-electron chi connectivity index (χ1n) is 7.84. The number of nitrogens with one attached hydrogen (secondary N) is 2. The van der Waals surface area contributed by atoms with Gasteiger partial charge in [-0.15, -0.1) is 0 Å². The summed E-state index contributed by atoms with van der Waals surface area (Å²) in [7, 11) is 1.72. The van der Waals surface area contributed by atoms with Gasteiger partial charge in [-0.3, -0.25) is 4.79 Å². The Bertz CT molecular complexity index is 488. The third-order valence-electron chi connectivity index (χ3n) is 4.13. The lowest BCUT2D eigenvalue weighted by Gasteiger charge is -2.20. The van der Waals surface area contributed by atoms with Gasteiger partial charge in [0.25, 0.3) is 5.91 Å². The number of aryl methyl sites for hydroxylation is 1. The summed E-state index contributed by atoms with van der Waals surface area (Å²) >= 11 is 0. The van der Waals surface area contributed by atoms with E-state index in [0.29, 0.717) is 0 Å². The molecule has 1 aromatic rings. The lowest BCUT2D eigenvalue weighted by atomic mass is 10.1. The molecule has 0 spiro atoms. The van der Waals surface area contributed by atoms with Crippen LogP contribution in [0.1, 0.15) is 48.5 Å². The first-order chi connectivity index (χ1) is 10.2. The van der Waals surface area contributed by atoms with Crippen molar-refractivity contribution in [1.29, 1.82) is 0 Å². The normalized spacial score (nSPS) is 21.3. The van der Waals surface area contributed by atoms with E-state index in [0.717, 1.165) is 49.0 Å². The van der Waals surface area contributed by atoms with Crippen molar-refractivity contribution >= 4 is 11.6 Å². The van der Waals surface area contributed by atoms with Crippen LogP contribution in [-0.4, -0.2) is 31.7 Å². The van der Waals surface area contributed by atoms with E-state index in [-0.39, 0.29) is 18.1 Å². The van der Waals surface area contributed by atoms with Crippen molar-refractivity contribution in [2.45, 2.75) is 51.7 Å². The molecule has 1 aromatic carbocycles. The third-order valence-corrected chi connectivity index (χ3v) is 4.13. The second-order valence-corrected chi connectivity index (χ2v) is 5.74. The molecule has 21 heavy (non-hydrogen) atoms. The summed E-state index contributed by atoms with van der Waals surface area (Å²) in [6.45, 7) is 5.12. The summed E-state index contributed by atoms with van der Waals surface area (Å²) in [6.07, 6.45) is 4.38. The third kappa shape index (κ3) is 3.97. The molecule has 1 amide bonds. The number of methoxy groups -OCH3 is 1. The van der Waals surface area contributed by atoms with Gasteiger partial charge in [0.05, 0.1) is 12.1 Å². The molecule has 2 unspecified atom stereocenters. The van der Waals surface area contributed by atoms with Gasteiger partial charge in [-0.25, -0.2) is 0 Å². The maximum atomic E-state index is 12.4. The van der Waals surface area contributed by atoms with E-state index in [9.17, 15) is 4.79 Å². The Morgan fingerprint density at radius 3 is 2.86 bits per heavy atom. The number of hydrogen-bond donors (Lipinski definition) is 2. The van der Waals surface area contributed by atoms with Crippen LogP contribution in [0, 0.1) is 6.92 Å². The second-order valence-electron chi connectivity index (χ2n) is 5.74. The molecule has 0 bridgehead atoms. The van der Waals surface area contributed by atoms with Gasteiger partial charge < -0.3 is 15.4 Å². The maximum absolute atomic E-state index is 12.4. The molecule has 4 nitrogen and oxygen atoms in total. The van der Waals surface area contributed by atoms with Gasteiger partial charge in [-0.05, 0) is 56.4 Å². The van der Waals surface area contributed by atoms with Crippen molar-refractivity contribution in [3.8, 4) is 0 Å². The fraction of sp³-hybridized carbons (Fsp3) is 0.588. The first-order valence-corrected chi connectivity index (χ1v) is 7.84. The Balaban J connectivity index is 2.00. The molecule has 1 saturated carbocycles. The van der Waals surface area contributed by atoms with Crippen molar-refractivity contribution in [3.05, 3.63) is 29.3 Å². The minimum Gasteiger partial charge on any atom is -0.385 e. The van der Waals surface area contributed by atoms with Gasteiger partial charge in [0.1, 0.15) is 0 Å². The smallest absolute Gasteiger partial charge is 0.251 e. The van der Waals surface area contributed by atoms with Crippen LogP contribution in [0.2, 0.25) is 0 Å². The summed E-state index contributed by atoms with van der Waals surface area (Å²) in [5.41, 5.74) is 2.92. The van der Waals surface area contributed by atoms with Gasteiger partial charge in [0.2, 0.25) is 0 Å². The topological polar surface area (TPSA) is 50.4 Å². The predicted octanol–water partition coefficient (Wildman–Crippen LogP) is 3.11. The molecule has 116 valence electrons. The minimum atomic E-state index is -0.00547. The van der Waals surface area contributed by atoms with Crippen molar-refractivity contribution < 1.29 is 9.53 Å². The number of benzene rings is 1. The Kier molecular flexibility index (Phi) is 5.62. The molecule has 1 aliphatic rings. The molecule has 1 fully saturated rings. The average Bonchev–Trinajstić information content (AvgIpc) is 2.93. The minimum absolute atomic E-state index is 0.00547. The van der Waals surface area contributed by atoms with Crippen molar-refractivity contribution in [2.75, 3.05) is 19.0 Å². The monoisotopic (exact) mass is 290 g/mol. The molecular formula is C17H26N2O2. The fourth-order valence-corrected chi connectivity index (χ4v) is 2.89. The fourth-order valence-electron chi connectivity index (χ4n) is 2.89. The van der Waals surface area contributed by atoms with Crippen LogP contribution >= 0.6 is 0 Å². The van der Waals surface area contributed by atoms with E-state index >= 15 is 0 Å². The van der Waals surface area contributed by atoms with E-state index in [1.165, 1.54) is 0 Å². The molecule has 0 aromatic heterocycles. The maximum Gasteiger partial charge on any atom is 0.251 e. The standard InChI is InChI=1S/C17H26N2O2/c1-4-10-18-14-9-8-13(11-12(14)2)17(20)19-15-6-5-7-16(15)21-3/h8-9,11,15-16,18H,4-7,10H2,1-3H3,(H,19,20). The molecule has 0 aliphatic heterocycles. The zero-order valence-corrected chi connectivity index (χ0v) is 13.2. The average molecular weight is 290 g/mol. The molecule has 4 heteroatoms. The van der Waals surface area contributed by atoms with E-state index in [1.807, 2.05) is 25.1 Å². The molecule has 0 saturated heterocycles. The second kappa shape index (κ2) is 7.46. The molecule has 0 radical (unpaired) electrons. The Hall–Kier alpha value is -1.55. The van der Waals surface area contributed by atoms with Gasteiger partial charge in [-0.2, -0.15) is 0 Å². The number of anilines is 1. The first kappa shape index (κ1) is 15.8. The lowest BCUT2D eigenvalue weighted by Crippen LogP contribution is -2.40. The van der Waals surface area contributed by atoms with Crippen molar-refractivity contribution in [2.24, 2.45) is 0 Å². The number of amides is 1. The highest BCUT2D eigenvalue weighted by Gasteiger charge is 2.28. The summed E-state index contributed by atoms with van der Waals surface area (Å²) in [5.74, 6) is -0.00547. The van der Waals surface area contributed by atoms with Crippen LogP contribution in [0.5, 0.6) is 0 Å². The Morgan fingerprint density at radius 1 is 1.38 bits per heavy atom. The van der Waals surface area contributed by atoms with Crippen LogP contribution in [0.25, 0.3) is 0 Å². The van der Waals surface area contributed by atoms with E-state index in [1.54, 1.807) is 7.11 Å². The van der Waals surface area contributed by atoms with Crippen LogP contribution < -0.4 is 10.6 Å². The highest BCUT2D eigenvalue weighted by Crippen LogP contribution is 2.22. The zero-order chi connectivity index (χ0) is 15.2. The molecule has 2 N–H and O–H groups in total. The van der Waals surface area contributed by atoms with Gasteiger partial charge in [-0.1, -0.05) is 6.92 Å². The molecular weight excluding hydrogens is 264 g/mol. The zero-order valence-electron chi connectivity index (χ0n) is 13.2. The van der Waals surface area contributed by atoms with Crippen LogP contribution in [-0.2, 0) is 4.74 Å². The summed E-state index contributed by atoms with van der Waals surface area (Å²) < 4.78 is 5.42. The van der Waals surface area contributed by atoms with Crippen LogP contribution in [0.15, 0.2) is 18.2 Å². The number of hydrogen-bond acceptors (Lipinski definition) is 3. The number of ether oxygens (including phenoxy) is 1. The van der Waals surface area contributed by atoms with E-state index in [2.05, 4.69) is 17.6 Å². The summed E-state index contributed by atoms with van der Waals surface area (Å²) in [5, 5.41) is 6.47.